The SMILES string of the molecule is CCOc1ccc(-c2nc(C)c(C(=O)NNC(=O)c3ccccc3)s2)cc1. The van der Waals surface area contributed by atoms with Crippen LogP contribution in [0.3, 0.4) is 0 Å². The van der Waals surface area contributed by atoms with E-state index in [1.165, 1.54) is 11.3 Å². The first-order chi connectivity index (χ1) is 13.1. The van der Waals surface area contributed by atoms with Crippen molar-refractivity contribution in [1.82, 2.24) is 15.8 Å². The molecule has 27 heavy (non-hydrogen) atoms. The van der Waals surface area contributed by atoms with E-state index in [0.29, 0.717) is 22.7 Å². The molecule has 138 valence electrons. The predicted octanol–water partition coefficient (Wildman–Crippen LogP) is 3.59. The molecule has 2 amide bonds. The molecule has 0 radical (unpaired) electrons. The van der Waals surface area contributed by atoms with Crippen LogP contribution in [0.15, 0.2) is 54.6 Å². The third kappa shape index (κ3) is 4.51. The van der Waals surface area contributed by atoms with E-state index < -0.39 is 5.91 Å². The lowest BCUT2D eigenvalue weighted by Crippen LogP contribution is -2.41. The minimum atomic E-state index is -0.397. The Kier molecular flexibility index (Phi) is 5.83. The zero-order valence-corrected chi connectivity index (χ0v) is 15.8. The van der Waals surface area contributed by atoms with Crippen molar-refractivity contribution in [1.29, 1.82) is 0 Å². The van der Waals surface area contributed by atoms with Crippen molar-refractivity contribution in [2.75, 3.05) is 6.61 Å². The standard InChI is InChI=1S/C20H19N3O3S/c1-3-26-16-11-9-15(10-12-16)20-21-13(2)17(27-20)19(25)23-22-18(24)14-7-5-4-6-8-14/h4-12H,3H2,1-2H3,(H,22,24)(H,23,25). The molecule has 0 aliphatic rings. The van der Waals surface area contributed by atoms with E-state index in [9.17, 15) is 9.59 Å². The molecule has 0 saturated carbocycles. The van der Waals surface area contributed by atoms with Gasteiger partial charge < -0.3 is 4.74 Å². The molecular formula is C20H19N3O3S. The van der Waals surface area contributed by atoms with Crippen LogP contribution < -0.4 is 15.6 Å². The maximum atomic E-state index is 12.4. The fourth-order valence-electron chi connectivity index (χ4n) is 2.42. The predicted molar refractivity (Wildman–Crippen MR) is 105 cm³/mol. The largest absolute Gasteiger partial charge is 0.494 e. The van der Waals surface area contributed by atoms with Gasteiger partial charge in [0.25, 0.3) is 11.8 Å². The van der Waals surface area contributed by atoms with Crippen LogP contribution in [0, 0.1) is 6.92 Å². The summed E-state index contributed by atoms with van der Waals surface area (Å²) in [5.74, 6) is 0.0143. The van der Waals surface area contributed by atoms with Gasteiger partial charge in [-0.05, 0) is 50.2 Å². The van der Waals surface area contributed by atoms with Crippen LogP contribution in [0.5, 0.6) is 5.75 Å². The summed E-state index contributed by atoms with van der Waals surface area (Å²) in [6.07, 6.45) is 0. The van der Waals surface area contributed by atoms with Gasteiger partial charge in [0.1, 0.15) is 15.6 Å². The summed E-state index contributed by atoms with van der Waals surface area (Å²) < 4.78 is 5.43. The highest BCUT2D eigenvalue weighted by Crippen LogP contribution is 2.29. The number of carbonyl (C=O) groups is 2. The van der Waals surface area contributed by atoms with Gasteiger partial charge in [-0.1, -0.05) is 18.2 Å². The van der Waals surface area contributed by atoms with E-state index >= 15 is 0 Å². The zero-order chi connectivity index (χ0) is 19.2. The summed E-state index contributed by atoms with van der Waals surface area (Å²) in [6.45, 7) is 4.30. The van der Waals surface area contributed by atoms with Crippen molar-refractivity contribution < 1.29 is 14.3 Å². The van der Waals surface area contributed by atoms with Crippen molar-refractivity contribution in [2.45, 2.75) is 13.8 Å². The molecular weight excluding hydrogens is 362 g/mol. The zero-order valence-electron chi connectivity index (χ0n) is 15.0. The van der Waals surface area contributed by atoms with Gasteiger partial charge in [-0.3, -0.25) is 20.4 Å². The number of hydrogen-bond donors (Lipinski definition) is 2. The summed E-state index contributed by atoms with van der Waals surface area (Å²) in [5.41, 5.74) is 6.83. The quantitative estimate of drug-likeness (QED) is 0.662. The Hall–Kier alpha value is -3.19. The van der Waals surface area contributed by atoms with Crippen LogP contribution in [-0.4, -0.2) is 23.4 Å². The van der Waals surface area contributed by atoms with Gasteiger partial charge >= 0.3 is 0 Å². The number of carbonyl (C=O) groups excluding carboxylic acids is 2. The van der Waals surface area contributed by atoms with E-state index in [0.717, 1.165) is 16.3 Å². The molecule has 1 heterocycles. The maximum absolute atomic E-state index is 12.4. The molecule has 6 nitrogen and oxygen atoms in total. The van der Waals surface area contributed by atoms with Gasteiger partial charge in [0.2, 0.25) is 0 Å². The van der Waals surface area contributed by atoms with Gasteiger partial charge in [0.05, 0.1) is 12.3 Å². The fourth-order valence-corrected chi connectivity index (χ4v) is 3.39. The third-order valence-corrected chi connectivity index (χ3v) is 4.95. The van der Waals surface area contributed by atoms with E-state index in [1.54, 1.807) is 31.2 Å². The van der Waals surface area contributed by atoms with Crippen LogP contribution >= 0.6 is 11.3 Å². The van der Waals surface area contributed by atoms with E-state index in [1.807, 2.05) is 37.3 Å². The number of ether oxygens (including phenoxy) is 1. The number of thiazole rings is 1. The topological polar surface area (TPSA) is 80.3 Å². The molecule has 0 aliphatic carbocycles. The number of benzene rings is 2. The molecule has 2 N–H and O–H groups in total. The molecule has 3 rings (SSSR count). The average molecular weight is 381 g/mol. The van der Waals surface area contributed by atoms with Crippen molar-refractivity contribution in [3.8, 4) is 16.3 Å². The fraction of sp³-hybridized carbons (Fsp3) is 0.150. The summed E-state index contributed by atoms with van der Waals surface area (Å²) in [5, 5.41) is 0.732. The number of aromatic nitrogens is 1. The highest BCUT2D eigenvalue weighted by Gasteiger charge is 2.17. The highest BCUT2D eigenvalue weighted by molar-refractivity contribution is 7.17. The van der Waals surface area contributed by atoms with E-state index in [-0.39, 0.29) is 5.91 Å². The Morgan fingerprint density at radius 1 is 1.00 bits per heavy atom. The second-order valence-corrected chi connectivity index (χ2v) is 6.66. The minimum Gasteiger partial charge on any atom is -0.494 e. The van der Waals surface area contributed by atoms with Gasteiger partial charge in [0.15, 0.2) is 0 Å². The van der Waals surface area contributed by atoms with Crippen LogP contribution in [0.2, 0.25) is 0 Å². The second-order valence-electron chi connectivity index (χ2n) is 5.67. The smallest absolute Gasteiger partial charge is 0.281 e. The summed E-state index contributed by atoms with van der Waals surface area (Å²) >= 11 is 1.27. The molecule has 1 aromatic heterocycles. The number of nitrogens with zero attached hydrogens (tertiary/aromatic N) is 1. The Bertz CT molecular complexity index is 937. The van der Waals surface area contributed by atoms with Crippen LogP contribution in [-0.2, 0) is 0 Å². The lowest BCUT2D eigenvalue weighted by molar-refractivity contribution is 0.0848. The van der Waals surface area contributed by atoms with Crippen molar-refractivity contribution in [3.63, 3.8) is 0 Å². The number of amides is 2. The van der Waals surface area contributed by atoms with Crippen molar-refractivity contribution >= 4 is 23.2 Å². The minimum absolute atomic E-state index is 0.377. The van der Waals surface area contributed by atoms with Crippen LogP contribution in [0.25, 0.3) is 10.6 Å². The monoisotopic (exact) mass is 381 g/mol. The first-order valence-electron chi connectivity index (χ1n) is 8.45. The summed E-state index contributed by atoms with van der Waals surface area (Å²) in [7, 11) is 0. The lowest BCUT2D eigenvalue weighted by Gasteiger charge is -2.06. The van der Waals surface area contributed by atoms with Gasteiger partial charge in [-0.15, -0.1) is 11.3 Å². The summed E-state index contributed by atoms with van der Waals surface area (Å²) in [4.78, 5) is 29.4. The molecule has 0 bridgehead atoms. The second kappa shape index (κ2) is 8.46. The van der Waals surface area contributed by atoms with Crippen molar-refractivity contribution in [3.05, 3.63) is 70.7 Å². The molecule has 0 aliphatic heterocycles. The number of hydrazine groups is 1. The molecule has 2 aromatic carbocycles. The molecule has 0 spiro atoms. The number of nitrogens with one attached hydrogen (secondary N) is 2. The van der Waals surface area contributed by atoms with E-state index in [4.69, 9.17) is 4.74 Å². The molecule has 0 saturated heterocycles. The van der Waals surface area contributed by atoms with Crippen LogP contribution in [0.1, 0.15) is 32.6 Å². The molecule has 0 fully saturated rings. The summed E-state index contributed by atoms with van der Waals surface area (Å²) in [6, 6.07) is 16.2. The van der Waals surface area contributed by atoms with Gasteiger partial charge in [-0.25, -0.2) is 4.98 Å². The molecule has 3 aromatic rings. The van der Waals surface area contributed by atoms with Gasteiger partial charge in [-0.2, -0.15) is 0 Å². The Morgan fingerprint density at radius 2 is 1.67 bits per heavy atom. The van der Waals surface area contributed by atoms with Crippen molar-refractivity contribution in [2.24, 2.45) is 0 Å². The number of aryl methyl sites for hydroxylation is 1. The Labute approximate surface area is 161 Å². The van der Waals surface area contributed by atoms with Gasteiger partial charge in [0, 0.05) is 11.1 Å². The van der Waals surface area contributed by atoms with Crippen LogP contribution in [0.4, 0.5) is 0 Å². The third-order valence-electron chi connectivity index (χ3n) is 3.74. The first-order valence-corrected chi connectivity index (χ1v) is 9.26. The maximum Gasteiger partial charge on any atom is 0.281 e. The molecule has 7 heteroatoms. The molecule has 0 unspecified atom stereocenters. The van der Waals surface area contributed by atoms with E-state index in [2.05, 4.69) is 15.8 Å². The number of hydrogen-bond acceptors (Lipinski definition) is 5. The number of rotatable bonds is 5. The Balaban J connectivity index is 1.68. The lowest BCUT2D eigenvalue weighted by atomic mass is 10.2. The average Bonchev–Trinajstić information content (AvgIpc) is 3.09. The first kappa shape index (κ1) is 18.6. The highest BCUT2D eigenvalue weighted by atomic mass is 32.1. The Morgan fingerprint density at radius 3 is 2.33 bits per heavy atom. The molecule has 0 atom stereocenters. The normalized spacial score (nSPS) is 10.3.